The highest BCUT2D eigenvalue weighted by molar-refractivity contribution is 6.18. The summed E-state index contributed by atoms with van der Waals surface area (Å²) in [4.78, 5) is 10.6. The van der Waals surface area contributed by atoms with E-state index >= 15 is 0 Å². The van der Waals surface area contributed by atoms with E-state index in [2.05, 4.69) is 6.58 Å². The molecule has 0 heterocycles. The van der Waals surface area contributed by atoms with Crippen molar-refractivity contribution in [1.82, 2.24) is 0 Å². The Morgan fingerprint density at radius 2 is 2.30 bits per heavy atom. The van der Waals surface area contributed by atoms with E-state index in [-0.39, 0.29) is 5.88 Å². The number of alkyl halides is 1. The molecule has 0 aliphatic carbocycles. The van der Waals surface area contributed by atoms with Crippen molar-refractivity contribution in [3.05, 3.63) is 12.7 Å². The minimum Gasteiger partial charge on any atom is -0.455 e. The first-order chi connectivity index (χ1) is 4.52. The lowest BCUT2D eigenvalue weighted by Crippen LogP contribution is -2.28. The second-order valence-electron chi connectivity index (χ2n) is 2.52. The fourth-order valence-electron chi connectivity index (χ4n) is 0.341. The minimum absolute atomic E-state index is 0.284. The molecule has 0 radical (unpaired) electrons. The van der Waals surface area contributed by atoms with E-state index in [1.165, 1.54) is 0 Å². The van der Waals surface area contributed by atoms with Gasteiger partial charge in [0.05, 0.1) is 5.88 Å². The molecule has 0 aliphatic rings. The average Bonchev–Trinajstić information content (AvgIpc) is 1.87. The fraction of sp³-hybridized carbons (Fsp3) is 0.571. The molecule has 0 aromatic carbocycles. The molecule has 0 unspecified atom stereocenters. The highest BCUT2D eigenvalue weighted by Crippen LogP contribution is 2.10. The molecule has 0 spiro atoms. The van der Waals surface area contributed by atoms with Gasteiger partial charge < -0.3 is 4.74 Å². The molecule has 58 valence electrons. The number of esters is 1. The summed E-state index contributed by atoms with van der Waals surface area (Å²) in [6.45, 7) is 6.74. The van der Waals surface area contributed by atoms with Crippen LogP contribution in [0.25, 0.3) is 0 Å². The Morgan fingerprint density at radius 3 is 2.60 bits per heavy atom. The monoisotopic (exact) mass is 162 g/mol. The molecule has 2 nitrogen and oxygen atoms in total. The summed E-state index contributed by atoms with van der Waals surface area (Å²) in [6, 6.07) is 0. The summed E-state index contributed by atoms with van der Waals surface area (Å²) >= 11 is 5.48. The van der Waals surface area contributed by atoms with Gasteiger partial charge in [0.15, 0.2) is 0 Å². The Morgan fingerprint density at radius 1 is 1.80 bits per heavy atom. The maximum absolute atomic E-state index is 10.6. The van der Waals surface area contributed by atoms with Crippen LogP contribution in [0.5, 0.6) is 0 Å². The lowest BCUT2D eigenvalue weighted by molar-refractivity contribution is -0.148. The van der Waals surface area contributed by atoms with Crippen molar-refractivity contribution in [2.45, 2.75) is 19.4 Å². The number of hydrogen-bond donors (Lipinski definition) is 0. The molecule has 0 amide bonds. The van der Waals surface area contributed by atoms with E-state index in [0.717, 1.165) is 6.08 Å². The van der Waals surface area contributed by atoms with Gasteiger partial charge >= 0.3 is 5.97 Å². The van der Waals surface area contributed by atoms with Crippen LogP contribution < -0.4 is 0 Å². The average molecular weight is 163 g/mol. The lowest BCUT2D eigenvalue weighted by Gasteiger charge is -2.20. The molecule has 0 saturated carbocycles. The zero-order valence-electron chi connectivity index (χ0n) is 6.19. The van der Waals surface area contributed by atoms with Crippen molar-refractivity contribution in [2.24, 2.45) is 0 Å². The number of halogens is 1. The third kappa shape index (κ3) is 3.51. The molecular weight excluding hydrogens is 152 g/mol. The number of carbonyl (C=O) groups is 1. The molecule has 0 bridgehead atoms. The van der Waals surface area contributed by atoms with Gasteiger partial charge in [-0.05, 0) is 13.8 Å². The Bertz CT molecular complexity index is 141. The van der Waals surface area contributed by atoms with Crippen LogP contribution in [0, 0.1) is 0 Å². The van der Waals surface area contributed by atoms with Crippen LogP contribution >= 0.6 is 11.6 Å². The molecule has 0 aromatic rings. The Hall–Kier alpha value is -0.500. The van der Waals surface area contributed by atoms with Crippen LogP contribution in [0.1, 0.15) is 13.8 Å². The summed E-state index contributed by atoms with van der Waals surface area (Å²) < 4.78 is 4.85. The van der Waals surface area contributed by atoms with E-state index in [1.807, 2.05) is 0 Å². The van der Waals surface area contributed by atoms with E-state index in [4.69, 9.17) is 16.3 Å². The van der Waals surface area contributed by atoms with Gasteiger partial charge in [-0.25, -0.2) is 4.79 Å². The highest BCUT2D eigenvalue weighted by atomic mass is 35.5. The highest BCUT2D eigenvalue weighted by Gasteiger charge is 2.19. The molecule has 10 heavy (non-hydrogen) atoms. The quantitative estimate of drug-likeness (QED) is 0.359. The molecule has 0 saturated heterocycles. The van der Waals surface area contributed by atoms with Gasteiger partial charge in [-0.3, -0.25) is 0 Å². The summed E-state index contributed by atoms with van der Waals surface area (Å²) in [5.74, 6) is -0.155. The lowest BCUT2D eigenvalue weighted by atomic mass is 10.2. The van der Waals surface area contributed by atoms with Crippen LogP contribution in [-0.4, -0.2) is 17.5 Å². The Kier molecular flexibility index (Phi) is 3.43. The zero-order valence-corrected chi connectivity index (χ0v) is 6.94. The van der Waals surface area contributed by atoms with Crippen molar-refractivity contribution in [2.75, 3.05) is 5.88 Å². The molecule has 0 aromatic heterocycles. The number of rotatable bonds is 3. The van der Waals surface area contributed by atoms with E-state index < -0.39 is 11.6 Å². The molecule has 0 rings (SSSR count). The van der Waals surface area contributed by atoms with Crippen molar-refractivity contribution in [3.63, 3.8) is 0 Å². The van der Waals surface area contributed by atoms with Crippen molar-refractivity contribution in [1.29, 1.82) is 0 Å². The van der Waals surface area contributed by atoms with Gasteiger partial charge in [0.1, 0.15) is 5.60 Å². The molecular formula is C7H11ClO2. The normalized spacial score (nSPS) is 10.7. The van der Waals surface area contributed by atoms with Gasteiger partial charge in [0.2, 0.25) is 0 Å². The first kappa shape index (κ1) is 9.50. The van der Waals surface area contributed by atoms with Gasteiger partial charge in [-0.2, -0.15) is 0 Å². The molecule has 0 fully saturated rings. The van der Waals surface area contributed by atoms with Crippen molar-refractivity contribution < 1.29 is 9.53 Å². The van der Waals surface area contributed by atoms with Crippen LogP contribution in [0.15, 0.2) is 12.7 Å². The van der Waals surface area contributed by atoms with E-state index in [9.17, 15) is 4.79 Å². The van der Waals surface area contributed by atoms with Crippen LogP contribution in [0.3, 0.4) is 0 Å². The third-order valence-corrected chi connectivity index (χ3v) is 1.51. The molecule has 0 aliphatic heterocycles. The van der Waals surface area contributed by atoms with Gasteiger partial charge in [-0.15, -0.1) is 11.6 Å². The summed E-state index contributed by atoms with van der Waals surface area (Å²) in [7, 11) is 0. The van der Waals surface area contributed by atoms with Crippen LogP contribution in [0.2, 0.25) is 0 Å². The second-order valence-corrected chi connectivity index (χ2v) is 2.79. The van der Waals surface area contributed by atoms with E-state index in [0.29, 0.717) is 0 Å². The van der Waals surface area contributed by atoms with Gasteiger partial charge in [-0.1, -0.05) is 6.58 Å². The first-order valence-corrected chi connectivity index (χ1v) is 3.46. The van der Waals surface area contributed by atoms with Crippen LogP contribution in [0.4, 0.5) is 0 Å². The van der Waals surface area contributed by atoms with Crippen molar-refractivity contribution >= 4 is 17.6 Å². The minimum atomic E-state index is -0.590. The number of ether oxygens (including phenoxy) is 1. The maximum atomic E-state index is 10.6. The van der Waals surface area contributed by atoms with Gasteiger partial charge in [0.25, 0.3) is 0 Å². The van der Waals surface area contributed by atoms with Gasteiger partial charge in [0, 0.05) is 6.08 Å². The topological polar surface area (TPSA) is 26.3 Å². The predicted molar refractivity (Wildman–Crippen MR) is 41.1 cm³/mol. The molecule has 0 N–H and O–H groups in total. The maximum Gasteiger partial charge on any atom is 0.330 e. The standard InChI is InChI=1S/C7H11ClO2/c1-4-6(9)10-7(2,3)5-8/h4H,1,5H2,2-3H3. The summed E-state index contributed by atoms with van der Waals surface area (Å²) in [5.41, 5.74) is -0.590. The first-order valence-electron chi connectivity index (χ1n) is 2.93. The van der Waals surface area contributed by atoms with Crippen LogP contribution in [-0.2, 0) is 9.53 Å². The number of hydrogen-bond acceptors (Lipinski definition) is 2. The Labute approximate surface area is 65.8 Å². The summed E-state index contributed by atoms with van der Waals surface area (Å²) in [5, 5.41) is 0. The molecule has 3 heteroatoms. The predicted octanol–water partition coefficient (Wildman–Crippen LogP) is 1.73. The zero-order chi connectivity index (χ0) is 8.20. The van der Waals surface area contributed by atoms with Crippen molar-refractivity contribution in [3.8, 4) is 0 Å². The van der Waals surface area contributed by atoms with E-state index in [1.54, 1.807) is 13.8 Å². The number of carbonyl (C=O) groups excluding carboxylic acids is 1. The Balaban J connectivity index is 3.87. The fourth-order valence-corrected chi connectivity index (χ4v) is 0.396. The smallest absolute Gasteiger partial charge is 0.330 e. The summed E-state index contributed by atoms with van der Waals surface area (Å²) in [6.07, 6.45) is 1.12. The second kappa shape index (κ2) is 3.62. The molecule has 0 atom stereocenters. The SMILES string of the molecule is C=CC(=O)OC(C)(C)CCl. The largest absolute Gasteiger partial charge is 0.455 e. The third-order valence-electron chi connectivity index (χ3n) is 0.865.